The zero-order valence-electron chi connectivity index (χ0n) is 7.00. The molecule has 1 rings (SSSR count). The van der Waals surface area contributed by atoms with E-state index in [9.17, 15) is 4.79 Å². The largest absolute Gasteiger partial charge is 0.478 e. The minimum Gasteiger partial charge on any atom is -0.478 e. The molecule has 0 aromatic carbocycles. The molecule has 1 heterocycles. The van der Waals surface area contributed by atoms with Crippen LogP contribution in [-0.4, -0.2) is 11.1 Å². The van der Waals surface area contributed by atoms with Crippen LogP contribution in [0.1, 0.15) is 17.1 Å². The molecule has 0 saturated heterocycles. The van der Waals surface area contributed by atoms with Crippen molar-refractivity contribution in [3.05, 3.63) is 29.2 Å². The molecule has 0 bridgehead atoms. The number of carboxylic acid groups (broad SMARTS) is 1. The number of aryl methyl sites for hydroxylation is 2. The van der Waals surface area contributed by atoms with Gasteiger partial charge in [0.1, 0.15) is 11.5 Å². The van der Waals surface area contributed by atoms with Crippen LogP contribution in [0.25, 0.3) is 6.08 Å². The minimum absolute atomic E-state index is 0.576. The third-order valence-corrected chi connectivity index (χ3v) is 1.58. The third kappa shape index (κ3) is 1.99. The van der Waals surface area contributed by atoms with E-state index >= 15 is 0 Å². The van der Waals surface area contributed by atoms with Gasteiger partial charge in [-0.2, -0.15) is 0 Å². The van der Waals surface area contributed by atoms with Gasteiger partial charge >= 0.3 is 5.97 Å². The van der Waals surface area contributed by atoms with Gasteiger partial charge in [-0.1, -0.05) is 0 Å². The van der Waals surface area contributed by atoms with E-state index in [0.29, 0.717) is 5.76 Å². The molecule has 3 heteroatoms. The maximum absolute atomic E-state index is 10.1. The number of carboxylic acids is 1. The van der Waals surface area contributed by atoms with Crippen molar-refractivity contribution in [3.63, 3.8) is 0 Å². The van der Waals surface area contributed by atoms with Gasteiger partial charge in [0, 0.05) is 6.08 Å². The van der Waals surface area contributed by atoms with Crippen molar-refractivity contribution in [2.75, 3.05) is 0 Å². The topological polar surface area (TPSA) is 50.4 Å². The van der Waals surface area contributed by atoms with E-state index in [4.69, 9.17) is 9.52 Å². The van der Waals surface area contributed by atoms with Gasteiger partial charge in [0.05, 0.1) is 0 Å². The standard InChI is InChI=1S/C9H10O3/c1-6-5-8(12-7(6)2)3-4-9(10)11/h3-5H,1-2H3,(H,10,11). The van der Waals surface area contributed by atoms with Crippen molar-refractivity contribution in [2.45, 2.75) is 13.8 Å². The fourth-order valence-electron chi connectivity index (χ4n) is 0.837. The predicted octanol–water partition coefficient (Wildman–Crippen LogP) is 1.99. The zero-order valence-corrected chi connectivity index (χ0v) is 7.00. The van der Waals surface area contributed by atoms with Crippen LogP contribution in [0.2, 0.25) is 0 Å². The minimum atomic E-state index is -0.971. The molecule has 1 aromatic rings. The summed E-state index contributed by atoms with van der Waals surface area (Å²) in [6, 6.07) is 1.80. The lowest BCUT2D eigenvalue weighted by atomic mass is 10.3. The first-order chi connectivity index (χ1) is 5.59. The molecule has 1 N–H and O–H groups in total. The van der Waals surface area contributed by atoms with Crippen LogP contribution in [0.3, 0.4) is 0 Å². The van der Waals surface area contributed by atoms with E-state index in [1.807, 2.05) is 13.8 Å². The van der Waals surface area contributed by atoms with Crippen LogP contribution in [0.5, 0.6) is 0 Å². The molecular weight excluding hydrogens is 156 g/mol. The molecule has 12 heavy (non-hydrogen) atoms. The molecule has 1 aromatic heterocycles. The Kier molecular flexibility index (Phi) is 2.33. The summed E-state index contributed by atoms with van der Waals surface area (Å²) in [7, 11) is 0. The number of carbonyl (C=O) groups is 1. The lowest BCUT2D eigenvalue weighted by molar-refractivity contribution is -0.131. The summed E-state index contributed by atoms with van der Waals surface area (Å²) in [5, 5.41) is 8.32. The smallest absolute Gasteiger partial charge is 0.328 e. The molecule has 0 aliphatic carbocycles. The highest BCUT2D eigenvalue weighted by Crippen LogP contribution is 2.13. The Morgan fingerprint density at radius 2 is 2.25 bits per heavy atom. The Hall–Kier alpha value is -1.51. The van der Waals surface area contributed by atoms with Crippen LogP contribution in [0.15, 0.2) is 16.6 Å². The lowest BCUT2D eigenvalue weighted by Gasteiger charge is -1.82. The predicted molar refractivity (Wildman–Crippen MR) is 44.9 cm³/mol. The Morgan fingerprint density at radius 3 is 2.67 bits per heavy atom. The van der Waals surface area contributed by atoms with Crippen molar-refractivity contribution < 1.29 is 14.3 Å². The summed E-state index contributed by atoms with van der Waals surface area (Å²) in [5.41, 5.74) is 1.03. The molecule has 0 aliphatic heterocycles. The normalized spacial score (nSPS) is 10.8. The summed E-state index contributed by atoms with van der Waals surface area (Å²) in [5.74, 6) is 0.425. The zero-order chi connectivity index (χ0) is 9.14. The molecule has 0 aliphatic rings. The highest BCUT2D eigenvalue weighted by atomic mass is 16.4. The van der Waals surface area contributed by atoms with Crippen LogP contribution in [-0.2, 0) is 4.79 Å². The number of hydrogen-bond acceptors (Lipinski definition) is 2. The van der Waals surface area contributed by atoms with Crippen molar-refractivity contribution >= 4 is 12.0 Å². The average Bonchev–Trinajstić information content (AvgIpc) is 2.28. The highest BCUT2D eigenvalue weighted by Gasteiger charge is 1.99. The fourth-order valence-corrected chi connectivity index (χ4v) is 0.837. The summed E-state index contributed by atoms with van der Waals surface area (Å²) in [4.78, 5) is 10.1. The fraction of sp³-hybridized carbons (Fsp3) is 0.222. The summed E-state index contributed by atoms with van der Waals surface area (Å²) in [6.45, 7) is 3.75. The van der Waals surface area contributed by atoms with Crippen molar-refractivity contribution in [1.82, 2.24) is 0 Å². The van der Waals surface area contributed by atoms with E-state index < -0.39 is 5.97 Å². The first kappa shape index (κ1) is 8.59. The van der Waals surface area contributed by atoms with E-state index in [1.165, 1.54) is 6.08 Å². The van der Waals surface area contributed by atoms with E-state index in [2.05, 4.69) is 0 Å². The summed E-state index contributed by atoms with van der Waals surface area (Å²) < 4.78 is 5.21. The Balaban J connectivity index is 2.83. The molecule has 0 saturated carbocycles. The number of furan rings is 1. The molecular formula is C9H10O3. The second kappa shape index (κ2) is 3.26. The van der Waals surface area contributed by atoms with Gasteiger partial charge in [-0.3, -0.25) is 0 Å². The maximum atomic E-state index is 10.1. The quantitative estimate of drug-likeness (QED) is 0.683. The van der Waals surface area contributed by atoms with Crippen molar-refractivity contribution in [2.24, 2.45) is 0 Å². The third-order valence-electron chi connectivity index (χ3n) is 1.58. The molecule has 0 amide bonds. The van der Waals surface area contributed by atoms with Crippen LogP contribution in [0, 0.1) is 13.8 Å². The second-order valence-electron chi connectivity index (χ2n) is 2.56. The van der Waals surface area contributed by atoms with Gasteiger partial charge in [0.25, 0.3) is 0 Å². The van der Waals surface area contributed by atoms with Gasteiger partial charge in [-0.05, 0) is 31.6 Å². The molecule has 0 unspecified atom stereocenters. The van der Waals surface area contributed by atoms with E-state index in [-0.39, 0.29) is 0 Å². The van der Waals surface area contributed by atoms with Crippen molar-refractivity contribution in [3.8, 4) is 0 Å². The van der Waals surface area contributed by atoms with Crippen LogP contribution < -0.4 is 0 Å². The van der Waals surface area contributed by atoms with Gasteiger partial charge in [-0.15, -0.1) is 0 Å². The van der Waals surface area contributed by atoms with Crippen LogP contribution in [0.4, 0.5) is 0 Å². The van der Waals surface area contributed by atoms with Gasteiger partial charge < -0.3 is 9.52 Å². The molecule has 0 spiro atoms. The summed E-state index contributed by atoms with van der Waals surface area (Å²) >= 11 is 0. The molecule has 3 nitrogen and oxygen atoms in total. The monoisotopic (exact) mass is 166 g/mol. The lowest BCUT2D eigenvalue weighted by Crippen LogP contribution is -1.84. The van der Waals surface area contributed by atoms with E-state index in [0.717, 1.165) is 17.4 Å². The Morgan fingerprint density at radius 1 is 1.58 bits per heavy atom. The Bertz CT molecular complexity index is 301. The van der Waals surface area contributed by atoms with Crippen LogP contribution >= 0.6 is 0 Å². The second-order valence-corrected chi connectivity index (χ2v) is 2.56. The summed E-state index contributed by atoms with van der Waals surface area (Å²) in [6.07, 6.45) is 2.49. The Labute approximate surface area is 70.3 Å². The first-order valence-electron chi connectivity index (χ1n) is 3.57. The first-order valence-corrected chi connectivity index (χ1v) is 3.57. The molecule has 0 fully saturated rings. The number of rotatable bonds is 2. The molecule has 0 atom stereocenters. The molecule has 0 radical (unpaired) electrons. The van der Waals surface area contributed by atoms with E-state index in [1.54, 1.807) is 6.07 Å². The number of hydrogen-bond donors (Lipinski definition) is 1. The number of aliphatic carboxylic acids is 1. The molecule has 64 valence electrons. The van der Waals surface area contributed by atoms with Crippen molar-refractivity contribution in [1.29, 1.82) is 0 Å². The average molecular weight is 166 g/mol. The van der Waals surface area contributed by atoms with Gasteiger partial charge in [0.2, 0.25) is 0 Å². The maximum Gasteiger partial charge on any atom is 0.328 e. The van der Waals surface area contributed by atoms with Gasteiger partial charge in [-0.25, -0.2) is 4.79 Å². The SMILES string of the molecule is Cc1cc(C=CC(=O)O)oc1C. The van der Waals surface area contributed by atoms with Gasteiger partial charge in [0.15, 0.2) is 0 Å². The highest BCUT2D eigenvalue weighted by molar-refractivity contribution is 5.84.